The first-order chi connectivity index (χ1) is 15.2. The number of pyridine rings is 1. The second kappa shape index (κ2) is 8.39. The summed E-state index contributed by atoms with van der Waals surface area (Å²) in [4.78, 5) is 12.9. The Morgan fingerprint density at radius 2 is 2.03 bits per heavy atom. The summed E-state index contributed by atoms with van der Waals surface area (Å²) in [6.45, 7) is 3.34. The Labute approximate surface area is 186 Å². The number of hydrogen-bond donors (Lipinski definition) is 1. The second-order valence-electron chi connectivity index (χ2n) is 7.97. The van der Waals surface area contributed by atoms with Crippen molar-refractivity contribution >= 4 is 21.5 Å². The van der Waals surface area contributed by atoms with E-state index in [2.05, 4.69) is 6.07 Å². The van der Waals surface area contributed by atoms with Crippen LogP contribution in [0.15, 0.2) is 53.7 Å². The number of rotatable bonds is 5. The zero-order valence-corrected chi connectivity index (χ0v) is 18.5. The van der Waals surface area contributed by atoms with E-state index in [0.29, 0.717) is 16.6 Å². The van der Waals surface area contributed by atoms with E-state index in [0.717, 1.165) is 15.4 Å². The maximum absolute atomic E-state index is 13.2. The number of esters is 1. The van der Waals surface area contributed by atoms with E-state index in [1.807, 2.05) is 19.9 Å². The Hall–Kier alpha value is -3.19. The van der Waals surface area contributed by atoms with Crippen molar-refractivity contribution in [2.75, 3.05) is 6.54 Å². The molecule has 2 atom stereocenters. The van der Waals surface area contributed by atoms with Crippen LogP contribution in [0.4, 0.5) is 0 Å². The standard InChI is InChI=1S/C23H23N3O5S/c1-15-6-7-19(9-16(15)2)32(29,30)26-13-18(27)10-22(26)23(28)31-14-17-12-25-8-4-3-5-21(25)20(17)11-24/h3-9,12,18,22,27H,10,13-14H2,1-2H3. The molecule has 3 heterocycles. The average molecular weight is 454 g/mol. The zero-order chi connectivity index (χ0) is 23.0. The minimum atomic E-state index is -4.01. The molecule has 2 unspecified atom stereocenters. The van der Waals surface area contributed by atoms with Gasteiger partial charge in [0.1, 0.15) is 18.7 Å². The number of aromatic nitrogens is 1. The van der Waals surface area contributed by atoms with E-state index in [-0.39, 0.29) is 24.5 Å². The monoisotopic (exact) mass is 453 g/mol. The number of fused-ring (bicyclic) bond motifs is 1. The van der Waals surface area contributed by atoms with E-state index in [1.54, 1.807) is 41.1 Å². The second-order valence-corrected chi connectivity index (χ2v) is 9.86. The first kappa shape index (κ1) is 22.0. The number of benzene rings is 1. The molecule has 4 rings (SSSR count). The van der Waals surface area contributed by atoms with Gasteiger partial charge in [-0.25, -0.2) is 8.42 Å². The number of ether oxygens (including phenoxy) is 1. The molecule has 0 radical (unpaired) electrons. The molecule has 1 aliphatic rings. The average Bonchev–Trinajstić information content (AvgIpc) is 3.34. The number of β-amino-alcohol motifs (C(OH)–C–C–N with tert-alkyl or cyclic N) is 1. The molecule has 2 aromatic heterocycles. The third-order valence-electron chi connectivity index (χ3n) is 5.83. The lowest BCUT2D eigenvalue weighted by atomic mass is 10.1. The highest BCUT2D eigenvalue weighted by molar-refractivity contribution is 7.89. The molecule has 0 saturated carbocycles. The van der Waals surface area contributed by atoms with Gasteiger partial charge < -0.3 is 14.2 Å². The van der Waals surface area contributed by atoms with Crippen LogP contribution in [0.3, 0.4) is 0 Å². The van der Waals surface area contributed by atoms with Crippen LogP contribution >= 0.6 is 0 Å². The number of hydrogen-bond acceptors (Lipinski definition) is 6. The Bertz CT molecular complexity index is 1340. The van der Waals surface area contributed by atoms with Gasteiger partial charge in [-0.3, -0.25) is 4.79 Å². The Morgan fingerprint density at radius 1 is 1.25 bits per heavy atom. The van der Waals surface area contributed by atoms with Crippen molar-refractivity contribution in [3.8, 4) is 6.07 Å². The lowest BCUT2D eigenvalue weighted by Gasteiger charge is -2.22. The number of carbonyl (C=O) groups excluding carboxylic acids is 1. The molecule has 1 aliphatic heterocycles. The topological polar surface area (TPSA) is 112 Å². The van der Waals surface area contributed by atoms with Gasteiger partial charge in [0.05, 0.1) is 22.1 Å². The first-order valence-electron chi connectivity index (χ1n) is 10.1. The SMILES string of the molecule is Cc1ccc(S(=O)(=O)N2CC(O)CC2C(=O)OCc2cn3ccccc3c2C#N)cc1C. The van der Waals surface area contributed by atoms with Crippen molar-refractivity contribution < 1.29 is 23.1 Å². The summed E-state index contributed by atoms with van der Waals surface area (Å²) in [6, 6.07) is 11.2. The maximum atomic E-state index is 13.2. The van der Waals surface area contributed by atoms with E-state index in [9.17, 15) is 23.6 Å². The molecule has 1 saturated heterocycles. The molecule has 3 aromatic rings. The van der Waals surface area contributed by atoms with Gasteiger partial charge >= 0.3 is 5.97 Å². The predicted octanol–water partition coefficient (Wildman–Crippen LogP) is 2.30. The quantitative estimate of drug-likeness (QED) is 0.593. The predicted molar refractivity (Wildman–Crippen MR) is 116 cm³/mol. The fraction of sp³-hybridized carbons (Fsp3) is 0.304. The molecule has 166 valence electrons. The molecule has 1 N–H and O–H groups in total. The largest absolute Gasteiger partial charge is 0.460 e. The first-order valence-corrected chi connectivity index (χ1v) is 11.6. The normalized spacial score (nSPS) is 19.2. The zero-order valence-electron chi connectivity index (χ0n) is 17.7. The molecule has 32 heavy (non-hydrogen) atoms. The van der Waals surface area contributed by atoms with Crippen molar-refractivity contribution in [2.24, 2.45) is 0 Å². The van der Waals surface area contributed by atoms with Crippen LogP contribution in [0.25, 0.3) is 5.52 Å². The summed E-state index contributed by atoms with van der Waals surface area (Å²) < 4.78 is 34.6. The van der Waals surface area contributed by atoms with E-state index in [4.69, 9.17) is 4.74 Å². The summed E-state index contributed by atoms with van der Waals surface area (Å²) in [6.07, 6.45) is 2.47. The van der Waals surface area contributed by atoms with Gasteiger partial charge in [-0.05, 0) is 49.2 Å². The number of sulfonamides is 1. The highest BCUT2D eigenvalue weighted by Gasteiger charge is 2.44. The molecule has 0 spiro atoms. The minimum absolute atomic E-state index is 0.0498. The van der Waals surface area contributed by atoms with E-state index >= 15 is 0 Å². The van der Waals surface area contributed by atoms with Crippen LogP contribution in [0, 0.1) is 25.2 Å². The van der Waals surface area contributed by atoms with Gasteiger partial charge in [0.25, 0.3) is 0 Å². The molecule has 0 bridgehead atoms. The van der Waals surface area contributed by atoms with Gasteiger partial charge in [0.15, 0.2) is 0 Å². The van der Waals surface area contributed by atoms with Crippen molar-refractivity contribution in [1.82, 2.24) is 8.71 Å². The van der Waals surface area contributed by atoms with Crippen molar-refractivity contribution in [2.45, 2.75) is 43.9 Å². The highest BCUT2D eigenvalue weighted by Crippen LogP contribution is 2.29. The van der Waals surface area contributed by atoms with Gasteiger partial charge in [-0.1, -0.05) is 12.1 Å². The maximum Gasteiger partial charge on any atom is 0.324 e. The fourth-order valence-electron chi connectivity index (χ4n) is 3.93. The van der Waals surface area contributed by atoms with Crippen LogP contribution < -0.4 is 0 Å². The van der Waals surface area contributed by atoms with Gasteiger partial charge in [-0.2, -0.15) is 9.57 Å². The Kier molecular flexibility index (Phi) is 5.77. The molecule has 9 heteroatoms. The van der Waals surface area contributed by atoms with Crippen LogP contribution in [-0.2, 0) is 26.2 Å². The van der Waals surface area contributed by atoms with Crippen LogP contribution in [0.1, 0.15) is 28.7 Å². The number of aryl methyl sites for hydroxylation is 2. The van der Waals surface area contributed by atoms with Gasteiger partial charge in [0, 0.05) is 30.9 Å². The molecule has 0 aliphatic carbocycles. The smallest absolute Gasteiger partial charge is 0.324 e. The van der Waals surface area contributed by atoms with Gasteiger partial charge in [0.2, 0.25) is 10.0 Å². The number of aliphatic hydroxyl groups is 1. The molecular weight excluding hydrogens is 430 g/mol. The molecule has 1 fully saturated rings. The molecule has 1 aromatic carbocycles. The molecule has 8 nitrogen and oxygen atoms in total. The summed E-state index contributed by atoms with van der Waals surface area (Å²) >= 11 is 0. The molecule has 0 amide bonds. The molecular formula is C23H23N3O5S. The summed E-state index contributed by atoms with van der Waals surface area (Å²) in [7, 11) is -4.01. The van der Waals surface area contributed by atoms with Crippen LogP contribution in [-0.4, -0.2) is 46.9 Å². The minimum Gasteiger partial charge on any atom is -0.460 e. The third kappa shape index (κ3) is 3.88. The number of nitriles is 1. The van der Waals surface area contributed by atoms with Crippen molar-refractivity contribution in [3.63, 3.8) is 0 Å². The van der Waals surface area contributed by atoms with Crippen LogP contribution in [0.5, 0.6) is 0 Å². The lowest BCUT2D eigenvalue weighted by Crippen LogP contribution is -2.41. The van der Waals surface area contributed by atoms with Crippen molar-refractivity contribution in [3.05, 3.63) is 71.0 Å². The summed E-state index contributed by atoms with van der Waals surface area (Å²) in [5.74, 6) is -0.756. The van der Waals surface area contributed by atoms with E-state index in [1.165, 1.54) is 6.07 Å². The summed E-state index contributed by atoms with van der Waals surface area (Å²) in [5, 5.41) is 19.6. The third-order valence-corrected chi connectivity index (χ3v) is 7.71. The number of aliphatic hydroxyl groups excluding tert-OH is 1. The van der Waals surface area contributed by atoms with Crippen molar-refractivity contribution in [1.29, 1.82) is 5.26 Å². The van der Waals surface area contributed by atoms with Gasteiger partial charge in [-0.15, -0.1) is 0 Å². The highest BCUT2D eigenvalue weighted by atomic mass is 32.2. The Morgan fingerprint density at radius 3 is 2.75 bits per heavy atom. The number of carbonyl (C=O) groups is 1. The Balaban J connectivity index is 1.56. The summed E-state index contributed by atoms with van der Waals surface area (Å²) in [5.41, 5.74) is 3.37. The van der Waals surface area contributed by atoms with E-state index < -0.39 is 28.1 Å². The lowest BCUT2D eigenvalue weighted by molar-refractivity contribution is -0.148. The number of nitrogens with zero attached hydrogens (tertiary/aromatic N) is 3. The fourth-order valence-corrected chi connectivity index (χ4v) is 5.65. The van der Waals surface area contributed by atoms with Crippen LogP contribution in [0.2, 0.25) is 0 Å².